The van der Waals surface area contributed by atoms with Crippen molar-refractivity contribution in [2.45, 2.75) is 32.6 Å². The molecule has 1 heterocycles. The van der Waals surface area contributed by atoms with Crippen molar-refractivity contribution in [2.24, 2.45) is 11.3 Å². The van der Waals surface area contributed by atoms with Gasteiger partial charge < -0.3 is 4.74 Å². The van der Waals surface area contributed by atoms with Crippen molar-refractivity contribution in [2.75, 3.05) is 0 Å². The molecule has 114 valence electrons. The summed E-state index contributed by atoms with van der Waals surface area (Å²) in [4.78, 5) is 19.8. The highest BCUT2D eigenvalue weighted by molar-refractivity contribution is 6.04. The van der Waals surface area contributed by atoms with Gasteiger partial charge in [-0.05, 0) is 48.2 Å². The van der Waals surface area contributed by atoms with Crippen LogP contribution in [0.2, 0.25) is 0 Å². The third-order valence-electron chi connectivity index (χ3n) is 4.94. The molecule has 1 aromatic carbocycles. The molecule has 0 spiro atoms. The molecule has 3 nitrogen and oxygen atoms in total. The molecule has 1 saturated carbocycles. The van der Waals surface area contributed by atoms with Crippen LogP contribution >= 0.6 is 0 Å². The van der Waals surface area contributed by atoms with Gasteiger partial charge in [-0.1, -0.05) is 43.3 Å². The molecular weight excluding hydrogens is 276 g/mol. The van der Waals surface area contributed by atoms with Gasteiger partial charge in [0.2, 0.25) is 0 Å². The third kappa shape index (κ3) is 2.76. The van der Waals surface area contributed by atoms with Crippen molar-refractivity contribution in [3.8, 4) is 0 Å². The molecule has 1 aromatic rings. The number of allylic oxidation sites excluding steroid dienone is 2. The molecule has 0 saturated heterocycles. The van der Waals surface area contributed by atoms with E-state index in [0.717, 1.165) is 18.1 Å². The third-order valence-corrected chi connectivity index (χ3v) is 4.94. The van der Waals surface area contributed by atoms with Gasteiger partial charge >= 0.3 is 11.9 Å². The SMILES string of the molecule is CCC12CCC(C=C1c1ccccc1)C2.O=C1C=CC(=O)O1. The zero-order chi connectivity index (χ0) is 15.6. The van der Waals surface area contributed by atoms with Crippen LogP contribution in [0.15, 0.2) is 48.6 Å². The van der Waals surface area contributed by atoms with Crippen LogP contribution in [0.5, 0.6) is 0 Å². The minimum absolute atomic E-state index is 0.534. The van der Waals surface area contributed by atoms with E-state index in [9.17, 15) is 9.59 Å². The van der Waals surface area contributed by atoms with E-state index in [1.165, 1.54) is 31.2 Å². The summed E-state index contributed by atoms with van der Waals surface area (Å²) in [7, 11) is 0. The first-order valence-electron chi connectivity index (χ1n) is 7.84. The summed E-state index contributed by atoms with van der Waals surface area (Å²) in [5, 5.41) is 0. The van der Waals surface area contributed by atoms with Crippen molar-refractivity contribution < 1.29 is 14.3 Å². The van der Waals surface area contributed by atoms with Gasteiger partial charge in [0.1, 0.15) is 0 Å². The first-order chi connectivity index (χ1) is 10.6. The van der Waals surface area contributed by atoms with Crippen LogP contribution < -0.4 is 0 Å². The minimum Gasteiger partial charge on any atom is -0.387 e. The smallest absolute Gasteiger partial charge is 0.338 e. The molecule has 2 unspecified atom stereocenters. The summed E-state index contributed by atoms with van der Waals surface area (Å²) in [6.45, 7) is 2.35. The number of hydrogen-bond donors (Lipinski definition) is 0. The number of hydrogen-bond acceptors (Lipinski definition) is 3. The number of cyclic esters (lactones) is 2. The predicted octanol–water partition coefficient (Wildman–Crippen LogP) is 3.91. The highest BCUT2D eigenvalue weighted by atomic mass is 16.6. The van der Waals surface area contributed by atoms with E-state index in [1.807, 2.05) is 0 Å². The number of benzene rings is 1. The molecule has 2 aliphatic carbocycles. The number of esters is 2. The summed E-state index contributed by atoms with van der Waals surface area (Å²) in [6.07, 6.45) is 10.3. The monoisotopic (exact) mass is 296 g/mol. The Hall–Kier alpha value is -2.16. The van der Waals surface area contributed by atoms with Crippen molar-refractivity contribution >= 4 is 17.5 Å². The van der Waals surface area contributed by atoms with E-state index in [0.29, 0.717) is 5.41 Å². The molecule has 4 rings (SSSR count). The highest BCUT2D eigenvalue weighted by Crippen LogP contribution is 2.59. The number of carbonyl (C=O) groups excluding carboxylic acids is 2. The standard InChI is InChI=1S/C15H18.C4H2O3/c1-2-15-9-8-12(11-15)10-14(15)13-6-4-3-5-7-13;5-3-1-2-4(6)7-3/h3-7,10,12H,2,8-9,11H2,1H3;1-2H. The van der Waals surface area contributed by atoms with Gasteiger partial charge in [-0.25, -0.2) is 9.59 Å². The quantitative estimate of drug-likeness (QED) is 0.614. The molecular formula is C19H20O3. The minimum atomic E-state index is -0.579. The van der Waals surface area contributed by atoms with Crippen LogP contribution in [0, 0.1) is 11.3 Å². The van der Waals surface area contributed by atoms with Gasteiger partial charge in [0.15, 0.2) is 0 Å². The zero-order valence-corrected chi connectivity index (χ0v) is 12.7. The summed E-state index contributed by atoms with van der Waals surface area (Å²) < 4.78 is 3.97. The summed E-state index contributed by atoms with van der Waals surface area (Å²) in [6, 6.07) is 11.0. The van der Waals surface area contributed by atoms with Crippen LogP contribution in [-0.2, 0) is 14.3 Å². The lowest BCUT2D eigenvalue weighted by Crippen LogP contribution is -2.15. The topological polar surface area (TPSA) is 43.4 Å². The number of rotatable bonds is 2. The second-order valence-electron chi connectivity index (χ2n) is 6.16. The number of ether oxygens (including phenoxy) is 1. The Morgan fingerprint density at radius 2 is 1.82 bits per heavy atom. The van der Waals surface area contributed by atoms with Crippen molar-refractivity contribution in [1.82, 2.24) is 0 Å². The van der Waals surface area contributed by atoms with E-state index >= 15 is 0 Å². The molecule has 2 atom stereocenters. The Labute approximate surface area is 130 Å². The van der Waals surface area contributed by atoms with Gasteiger partial charge in [-0.3, -0.25) is 0 Å². The first kappa shape index (κ1) is 14.8. The average molecular weight is 296 g/mol. The van der Waals surface area contributed by atoms with Gasteiger partial charge in [0, 0.05) is 12.2 Å². The average Bonchev–Trinajstić information content (AvgIpc) is 3.23. The Morgan fingerprint density at radius 1 is 1.14 bits per heavy atom. The van der Waals surface area contributed by atoms with Crippen molar-refractivity contribution in [3.63, 3.8) is 0 Å². The highest BCUT2D eigenvalue weighted by Gasteiger charge is 2.45. The summed E-state index contributed by atoms with van der Waals surface area (Å²) >= 11 is 0. The van der Waals surface area contributed by atoms with E-state index in [4.69, 9.17) is 0 Å². The number of fused-ring (bicyclic) bond motifs is 2. The van der Waals surface area contributed by atoms with E-state index < -0.39 is 11.9 Å². The molecule has 3 heteroatoms. The van der Waals surface area contributed by atoms with Crippen LogP contribution in [0.3, 0.4) is 0 Å². The molecule has 0 radical (unpaired) electrons. The van der Waals surface area contributed by atoms with Crippen molar-refractivity contribution in [1.29, 1.82) is 0 Å². The Balaban J connectivity index is 0.000000174. The van der Waals surface area contributed by atoms with Crippen LogP contribution in [0.25, 0.3) is 5.57 Å². The number of carbonyl (C=O) groups is 2. The molecule has 3 aliphatic rings. The maximum absolute atomic E-state index is 9.92. The fourth-order valence-electron chi connectivity index (χ4n) is 3.80. The van der Waals surface area contributed by atoms with Gasteiger partial charge in [-0.15, -0.1) is 0 Å². The first-order valence-corrected chi connectivity index (χ1v) is 7.84. The maximum atomic E-state index is 9.92. The largest absolute Gasteiger partial charge is 0.387 e. The molecule has 1 aliphatic heterocycles. The van der Waals surface area contributed by atoms with Crippen LogP contribution in [0.4, 0.5) is 0 Å². The summed E-state index contributed by atoms with van der Waals surface area (Å²) in [5.74, 6) is -0.282. The van der Waals surface area contributed by atoms with Gasteiger partial charge in [-0.2, -0.15) is 0 Å². The molecule has 2 bridgehead atoms. The lowest BCUT2D eigenvalue weighted by Gasteiger charge is -2.29. The van der Waals surface area contributed by atoms with Crippen LogP contribution in [0.1, 0.15) is 38.2 Å². The lowest BCUT2D eigenvalue weighted by molar-refractivity contribution is -0.150. The molecule has 0 aromatic heterocycles. The Bertz CT molecular complexity index is 626. The second-order valence-corrected chi connectivity index (χ2v) is 6.16. The Morgan fingerprint density at radius 3 is 2.32 bits per heavy atom. The second kappa shape index (κ2) is 5.91. The van der Waals surface area contributed by atoms with Gasteiger partial charge in [0.25, 0.3) is 0 Å². The van der Waals surface area contributed by atoms with E-state index in [2.05, 4.69) is 48.1 Å². The molecule has 0 amide bonds. The molecule has 22 heavy (non-hydrogen) atoms. The van der Waals surface area contributed by atoms with Gasteiger partial charge in [0.05, 0.1) is 0 Å². The fourth-order valence-corrected chi connectivity index (χ4v) is 3.80. The van der Waals surface area contributed by atoms with E-state index in [-0.39, 0.29) is 0 Å². The van der Waals surface area contributed by atoms with Crippen LogP contribution in [-0.4, -0.2) is 11.9 Å². The maximum Gasteiger partial charge on any atom is 0.338 e. The summed E-state index contributed by atoms with van der Waals surface area (Å²) in [5.41, 5.74) is 3.63. The Kier molecular flexibility index (Phi) is 3.97. The lowest BCUT2D eigenvalue weighted by atomic mass is 9.75. The van der Waals surface area contributed by atoms with Crippen molar-refractivity contribution in [3.05, 3.63) is 54.1 Å². The normalized spacial score (nSPS) is 28.2. The fraction of sp³-hybridized carbons (Fsp3) is 0.368. The van der Waals surface area contributed by atoms with E-state index in [1.54, 1.807) is 5.57 Å². The predicted molar refractivity (Wildman–Crippen MR) is 84.7 cm³/mol. The molecule has 0 N–H and O–H groups in total. The zero-order valence-electron chi connectivity index (χ0n) is 12.7. The molecule has 1 fully saturated rings.